The predicted molar refractivity (Wildman–Crippen MR) is 80.0 cm³/mol. The van der Waals surface area contributed by atoms with Crippen LogP contribution in [0.15, 0.2) is 34.4 Å². The number of hydrogen-bond acceptors (Lipinski definition) is 3. The van der Waals surface area contributed by atoms with Crippen LogP contribution in [0.4, 0.5) is 13.2 Å². The molecule has 0 N–H and O–H groups in total. The molecule has 0 radical (unpaired) electrons. The standard InChI is InChI=1S/C15H11F3N2OS/c1-8-6-12(21)20(2)14-13(8)9(15(16,17)18)7-10(19-14)11-4-3-5-22-11/h3-7H,1-2H3. The van der Waals surface area contributed by atoms with Crippen LogP contribution in [0.2, 0.25) is 0 Å². The molecule has 0 saturated carbocycles. The molecule has 0 aliphatic rings. The minimum absolute atomic E-state index is 0.0325. The maximum absolute atomic E-state index is 13.4. The number of fused-ring (bicyclic) bond motifs is 1. The maximum Gasteiger partial charge on any atom is 0.417 e. The molecule has 0 spiro atoms. The van der Waals surface area contributed by atoms with E-state index < -0.39 is 11.7 Å². The molecule has 3 aromatic heterocycles. The number of pyridine rings is 2. The summed E-state index contributed by atoms with van der Waals surface area (Å²) in [6.45, 7) is 1.49. The molecule has 3 rings (SSSR count). The zero-order valence-corrected chi connectivity index (χ0v) is 12.5. The molecule has 7 heteroatoms. The van der Waals surface area contributed by atoms with Crippen LogP contribution in [0.1, 0.15) is 11.1 Å². The smallest absolute Gasteiger partial charge is 0.296 e. The Kier molecular flexibility index (Phi) is 3.32. The summed E-state index contributed by atoms with van der Waals surface area (Å²) in [6, 6.07) is 5.69. The van der Waals surface area contributed by atoms with Gasteiger partial charge in [-0.05, 0) is 30.0 Å². The van der Waals surface area contributed by atoms with Crippen LogP contribution < -0.4 is 5.56 Å². The third-order valence-corrected chi connectivity index (χ3v) is 4.35. The minimum Gasteiger partial charge on any atom is -0.296 e. The second-order valence-corrected chi connectivity index (χ2v) is 5.90. The van der Waals surface area contributed by atoms with E-state index in [0.29, 0.717) is 4.88 Å². The zero-order chi connectivity index (χ0) is 16.1. The molecule has 0 fully saturated rings. The highest BCUT2D eigenvalue weighted by Crippen LogP contribution is 2.38. The lowest BCUT2D eigenvalue weighted by Gasteiger charge is -2.15. The molecule has 0 aliphatic carbocycles. The number of alkyl halides is 3. The summed E-state index contributed by atoms with van der Waals surface area (Å²) in [5, 5.41) is 1.74. The van der Waals surface area contributed by atoms with Crippen molar-refractivity contribution in [3.63, 3.8) is 0 Å². The van der Waals surface area contributed by atoms with Crippen LogP contribution in [0.25, 0.3) is 21.6 Å². The van der Waals surface area contributed by atoms with Crippen molar-refractivity contribution in [2.24, 2.45) is 7.05 Å². The van der Waals surface area contributed by atoms with Gasteiger partial charge in [0, 0.05) is 18.5 Å². The van der Waals surface area contributed by atoms with Crippen LogP contribution in [-0.4, -0.2) is 9.55 Å². The van der Waals surface area contributed by atoms with Crippen molar-refractivity contribution >= 4 is 22.4 Å². The number of rotatable bonds is 1. The summed E-state index contributed by atoms with van der Waals surface area (Å²) >= 11 is 1.30. The van der Waals surface area contributed by atoms with Crippen molar-refractivity contribution in [2.75, 3.05) is 0 Å². The predicted octanol–water partition coefficient (Wildman–Crippen LogP) is 3.99. The first kappa shape index (κ1) is 14.8. The van der Waals surface area contributed by atoms with Gasteiger partial charge >= 0.3 is 6.18 Å². The van der Waals surface area contributed by atoms with Crippen LogP contribution in [0, 0.1) is 6.92 Å². The largest absolute Gasteiger partial charge is 0.417 e. The maximum atomic E-state index is 13.4. The number of aryl methyl sites for hydroxylation is 2. The molecule has 0 unspecified atom stereocenters. The highest BCUT2D eigenvalue weighted by atomic mass is 32.1. The molecule has 0 amide bonds. The Hall–Kier alpha value is -2.15. The average Bonchev–Trinajstić information content (AvgIpc) is 2.96. The number of halogens is 3. The Morgan fingerprint density at radius 1 is 1.27 bits per heavy atom. The summed E-state index contributed by atoms with van der Waals surface area (Å²) in [4.78, 5) is 16.8. The topological polar surface area (TPSA) is 34.9 Å². The Morgan fingerprint density at radius 2 is 2.00 bits per heavy atom. The van der Waals surface area contributed by atoms with Crippen LogP contribution in [0.3, 0.4) is 0 Å². The Balaban J connectivity index is 2.50. The Morgan fingerprint density at radius 3 is 2.59 bits per heavy atom. The number of nitrogens with zero attached hydrogens (tertiary/aromatic N) is 2. The zero-order valence-electron chi connectivity index (χ0n) is 11.7. The Bertz CT molecular complexity index is 911. The lowest BCUT2D eigenvalue weighted by molar-refractivity contribution is -0.136. The SMILES string of the molecule is Cc1cc(=O)n(C)c2nc(-c3cccs3)cc(C(F)(F)F)c12. The second-order valence-electron chi connectivity index (χ2n) is 4.95. The first-order chi connectivity index (χ1) is 10.3. The quantitative estimate of drug-likeness (QED) is 0.678. The molecule has 3 heterocycles. The van der Waals surface area contributed by atoms with Gasteiger partial charge in [0.05, 0.1) is 16.1 Å². The van der Waals surface area contributed by atoms with E-state index in [9.17, 15) is 18.0 Å². The van der Waals surface area contributed by atoms with Crippen LogP contribution in [0.5, 0.6) is 0 Å². The van der Waals surface area contributed by atoms with Crippen molar-refractivity contribution in [3.05, 3.63) is 51.1 Å². The van der Waals surface area contributed by atoms with Gasteiger partial charge in [-0.2, -0.15) is 13.2 Å². The van der Waals surface area contributed by atoms with Crippen molar-refractivity contribution in [1.29, 1.82) is 0 Å². The highest BCUT2D eigenvalue weighted by molar-refractivity contribution is 7.13. The van der Waals surface area contributed by atoms with E-state index in [-0.39, 0.29) is 27.9 Å². The molecule has 0 aliphatic heterocycles. The first-order valence-corrected chi connectivity index (χ1v) is 7.29. The van der Waals surface area contributed by atoms with Gasteiger partial charge in [0.2, 0.25) is 0 Å². The van der Waals surface area contributed by atoms with Gasteiger partial charge in [-0.3, -0.25) is 9.36 Å². The van der Waals surface area contributed by atoms with Gasteiger partial charge in [0.15, 0.2) is 0 Å². The van der Waals surface area contributed by atoms with Gasteiger partial charge in [0.25, 0.3) is 5.56 Å². The summed E-state index contributed by atoms with van der Waals surface area (Å²) in [5.74, 6) is 0. The number of aromatic nitrogens is 2. The monoisotopic (exact) mass is 324 g/mol. The number of thiophene rings is 1. The normalized spacial score (nSPS) is 12.0. The first-order valence-electron chi connectivity index (χ1n) is 6.41. The molecule has 3 nitrogen and oxygen atoms in total. The molecule has 0 atom stereocenters. The molecule has 3 aromatic rings. The van der Waals surface area contributed by atoms with E-state index in [1.54, 1.807) is 17.5 Å². The fraction of sp³-hybridized carbons (Fsp3) is 0.200. The van der Waals surface area contributed by atoms with Gasteiger partial charge in [-0.25, -0.2) is 4.98 Å². The van der Waals surface area contributed by atoms with E-state index in [2.05, 4.69) is 4.98 Å². The van der Waals surface area contributed by atoms with E-state index in [1.807, 2.05) is 0 Å². The lowest BCUT2D eigenvalue weighted by atomic mass is 10.0. The van der Waals surface area contributed by atoms with E-state index >= 15 is 0 Å². The van der Waals surface area contributed by atoms with Gasteiger partial charge < -0.3 is 0 Å². The second kappa shape index (κ2) is 4.95. The fourth-order valence-electron chi connectivity index (χ4n) is 2.40. The molecule has 0 bridgehead atoms. The molecule has 0 saturated heterocycles. The van der Waals surface area contributed by atoms with Gasteiger partial charge in [0.1, 0.15) is 5.65 Å². The molecule has 0 aromatic carbocycles. The number of hydrogen-bond donors (Lipinski definition) is 0. The van der Waals surface area contributed by atoms with E-state index in [4.69, 9.17) is 0 Å². The summed E-state index contributed by atoms with van der Waals surface area (Å²) in [6.07, 6.45) is -4.52. The third kappa shape index (κ3) is 2.31. The Labute approximate surface area is 127 Å². The van der Waals surface area contributed by atoms with Gasteiger partial charge in [-0.15, -0.1) is 11.3 Å². The summed E-state index contributed by atoms with van der Waals surface area (Å²) in [5.41, 5.74) is -0.614. The molecule has 114 valence electrons. The summed E-state index contributed by atoms with van der Waals surface area (Å²) < 4.78 is 41.5. The van der Waals surface area contributed by atoms with Crippen molar-refractivity contribution in [2.45, 2.75) is 13.1 Å². The lowest BCUT2D eigenvalue weighted by Crippen LogP contribution is -2.19. The molecule has 22 heavy (non-hydrogen) atoms. The third-order valence-electron chi connectivity index (χ3n) is 3.46. The molecular formula is C15H11F3N2OS. The van der Waals surface area contributed by atoms with Crippen LogP contribution in [-0.2, 0) is 13.2 Å². The fourth-order valence-corrected chi connectivity index (χ4v) is 3.08. The average molecular weight is 324 g/mol. The minimum atomic E-state index is -4.52. The van der Waals surface area contributed by atoms with Gasteiger partial charge in [-0.1, -0.05) is 6.07 Å². The van der Waals surface area contributed by atoms with E-state index in [1.165, 1.54) is 31.4 Å². The molecular weight excluding hydrogens is 313 g/mol. The summed E-state index contributed by atoms with van der Waals surface area (Å²) in [7, 11) is 1.43. The highest BCUT2D eigenvalue weighted by Gasteiger charge is 2.34. The van der Waals surface area contributed by atoms with Crippen molar-refractivity contribution in [3.8, 4) is 10.6 Å². The van der Waals surface area contributed by atoms with Crippen molar-refractivity contribution in [1.82, 2.24) is 9.55 Å². The van der Waals surface area contributed by atoms with Crippen molar-refractivity contribution < 1.29 is 13.2 Å². The van der Waals surface area contributed by atoms with Crippen LogP contribution >= 0.6 is 11.3 Å². The van der Waals surface area contributed by atoms with E-state index in [0.717, 1.165) is 10.6 Å².